The standard InChI is InChI=1S/C30H32Cl2N2O/c1-20(33-18-21-14-23-7-4-5-8-24(23)15-21)19-34(27-12-13-28(31)29(32)17-27)30(35)26-11-10-22-6-2-3-9-25(22)16-26/h4-5,7-8,10-13,16-17,20-21,33H,2-3,6,9,14-15,18-19H2,1H3. The van der Waals surface area contributed by atoms with E-state index in [2.05, 4.69) is 48.6 Å². The van der Waals surface area contributed by atoms with Crippen LogP contribution in [0, 0.1) is 5.92 Å². The van der Waals surface area contributed by atoms with Gasteiger partial charge in [-0.1, -0.05) is 53.5 Å². The van der Waals surface area contributed by atoms with E-state index in [1.807, 2.05) is 17.0 Å². The van der Waals surface area contributed by atoms with Crippen molar-refractivity contribution in [2.45, 2.75) is 51.5 Å². The first-order valence-corrected chi connectivity index (χ1v) is 13.4. The van der Waals surface area contributed by atoms with Crippen molar-refractivity contribution in [1.82, 2.24) is 5.32 Å². The summed E-state index contributed by atoms with van der Waals surface area (Å²) in [7, 11) is 0. The molecule has 2 aliphatic rings. The Morgan fingerprint density at radius 1 is 0.914 bits per heavy atom. The molecule has 0 aliphatic heterocycles. The molecule has 2 aliphatic carbocycles. The van der Waals surface area contributed by atoms with E-state index in [-0.39, 0.29) is 11.9 Å². The van der Waals surface area contributed by atoms with E-state index in [0.717, 1.165) is 43.5 Å². The fraction of sp³-hybridized carbons (Fsp3) is 0.367. The number of halogens is 2. The molecular weight excluding hydrogens is 475 g/mol. The minimum atomic E-state index is -0.00122. The molecular formula is C30H32Cl2N2O. The zero-order valence-corrected chi connectivity index (χ0v) is 21.7. The number of anilines is 1. The van der Waals surface area contributed by atoms with Crippen LogP contribution >= 0.6 is 23.2 Å². The lowest BCUT2D eigenvalue weighted by atomic mass is 9.90. The van der Waals surface area contributed by atoms with E-state index in [0.29, 0.717) is 22.5 Å². The third kappa shape index (κ3) is 5.58. The van der Waals surface area contributed by atoms with E-state index in [4.69, 9.17) is 23.2 Å². The Labute approximate surface area is 218 Å². The number of carbonyl (C=O) groups excluding carboxylic acids is 1. The SMILES string of the molecule is CC(CN(C(=O)c1ccc2c(c1)CCCC2)c1ccc(Cl)c(Cl)c1)NCC1Cc2ccccc2C1. The monoisotopic (exact) mass is 506 g/mol. The second-order valence-electron chi connectivity index (χ2n) is 10.1. The molecule has 0 radical (unpaired) electrons. The van der Waals surface area contributed by atoms with Gasteiger partial charge in [0.25, 0.3) is 5.91 Å². The smallest absolute Gasteiger partial charge is 0.258 e. The van der Waals surface area contributed by atoms with Crippen LogP contribution in [0.2, 0.25) is 10.0 Å². The van der Waals surface area contributed by atoms with Gasteiger partial charge < -0.3 is 10.2 Å². The average molecular weight is 508 g/mol. The average Bonchev–Trinajstić information content (AvgIpc) is 3.30. The Morgan fingerprint density at radius 3 is 2.34 bits per heavy atom. The summed E-state index contributed by atoms with van der Waals surface area (Å²) in [5, 5.41) is 4.63. The summed E-state index contributed by atoms with van der Waals surface area (Å²) >= 11 is 12.5. The molecule has 1 amide bonds. The highest BCUT2D eigenvalue weighted by molar-refractivity contribution is 6.42. The first-order valence-electron chi connectivity index (χ1n) is 12.7. The van der Waals surface area contributed by atoms with E-state index in [1.54, 1.807) is 12.1 Å². The largest absolute Gasteiger partial charge is 0.312 e. The van der Waals surface area contributed by atoms with E-state index < -0.39 is 0 Å². The summed E-state index contributed by atoms with van der Waals surface area (Å²) in [6.45, 7) is 3.62. The molecule has 0 bridgehead atoms. The van der Waals surface area contributed by atoms with Gasteiger partial charge in [0.15, 0.2) is 0 Å². The van der Waals surface area contributed by atoms with Crippen LogP contribution < -0.4 is 10.2 Å². The van der Waals surface area contributed by atoms with Gasteiger partial charge in [-0.2, -0.15) is 0 Å². The summed E-state index contributed by atoms with van der Waals surface area (Å²) in [4.78, 5) is 15.6. The number of amides is 1. The maximum atomic E-state index is 13.8. The highest BCUT2D eigenvalue weighted by Crippen LogP contribution is 2.30. The minimum Gasteiger partial charge on any atom is -0.312 e. The molecule has 0 spiro atoms. The number of rotatable bonds is 7. The number of nitrogens with zero attached hydrogens (tertiary/aromatic N) is 1. The molecule has 1 N–H and O–H groups in total. The zero-order chi connectivity index (χ0) is 24.4. The van der Waals surface area contributed by atoms with Gasteiger partial charge in [0, 0.05) is 23.8 Å². The number of benzene rings is 3. The summed E-state index contributed by atoms with van der Waals surface area (Å²) in [6, 6.07) is 20.5. The summed E-state index contributed by atoms with van der Waals surface area (Å²) in [5.41, 5.74) is 7.11. The maximum Gasteiger partial charge on any atom is 0.258 e. The number of nitrogens with one attached hydrogen (secondary N) is 1. The van der Waals surface area contributed by atoms with Gasteiger partial charge in [-0.3, -0.25) is 4.79 Å². The van der Waals surface area contributed by atoms with Gasteiger partial charge >= 0.3 is 0 Å². The van der Waals surface area contributed by atoms with Crippen molar-refractivity contribution < 1.29 is 4.79 Å². The van der Waals surface area contributed by atoms with Crippen LogP contribution in [0.3, 0.4) is 0 Å². The fourth-order valence-electron chi connectivity index (χ4n) is 5.48. The molecule has 1 atom stereocenters. The second kappa shape index (κ2) is 10.7. The van der Waals surface area contributed by atoms with Crippen LogP contribution in [0.5, 0.6) is 0 Å². The van der Waals surface area contributed by atoms with Crippen molar-refractivity contribution in [3.05, 3.63) is 98.5 Å². The van der Waals surface area contributed by atoms with Crippen molar-refractivity contribution in [2.24, 2.45) is 5.92 Å². The van der Waals surface area contributed by atoms with E-state index >= 15 is 0 Å². The predicted molar refractivity (Wildman–Crippen MR) is 146 cm³/mol. The van der Waals surface area contributed by atoms with Crippen molar-refractivity contribution >= 4 is 34.8 Å². The summed E-state index contributed by atoms with van der Waals surface area (Å²) < 4.78 is 0. The Hall–Kier alpha value is -2.33. The Kier molecular flexibility index (Phi) is 7.48. The lowest BCUT2D eigenvalue weighted by Crippen LogP contribution is -2.44. The normalized spacial score (nSPS) is 16.0. The summed E-state index contributed by atoms with van der Waals surface area (Å²) in [6.07, 6.45) is 6.79. The zero-order valence-electron chi connectivity index (χ0n) is 20.2. The van der Waals surface area contributed by atoms with Crippen LogP contribution in [0.1, 0.15) is 52.4 Å². The Balaban J connectivity index is 1.31. The maximum absolute atomic E-state index is 13.8. The molecule has 182 valence electrons. The molecule has 3 nitrogen and oxygen atoms in total. The summed E-state index contributed by atoms with van der Waals surface area (Å²) in [5.74, 6) is 0.586. The van der Waals surface area contributed by atoms with Gasteiger partial charge in [-0.25, -0.2) is 0 Å². The minimum absolute atomic E-state index is 0.00122. The van der Waals surface area contributed by atoms with Crippen molar-refractivity contribution in [3.8, 4) is 0 Å². The van der Waals surface area contributed by atoms with Gasteiger partial charge in [-0.05, 0) is 110 Å². The van der Waals surface area contributed by atoms with Crippen molar-refractivity contribution in [1.29, 1.82) is 0 Å². The third-order valence-electron chi connectivity index (χ3n) is 7.40. The van der Waals surface area contributed by atoms with E-state index in [9.17, 15) is 4.79 Å². The van der Waals surface area contributed by atoms with Crippen molar-refractivity contribution in [3.63, 3.8) is 0 Å². The van der Waals surface area contributed by atoms with Crippen LogP contribution in [-0.4, -0.2) is 25.0 Å². The van der Waals surface area contributed by atoms with Crippen molar-refractivity contribution in [2.75, 3.05) is 18.0 Å². The number of aryl methyl sites for hydroxylation is 2. The molecule has 0 fully saturated rings. The molecule has 0 aromatic heterocycles. The van der Waals surface area contributed by atoms with Crippen LogP contribution in [0.15, 0.2) is 60.7 Å². The third-order valence-corrected chi connectivity index (χ3v) is 8.14. The highest BCUT2D eigenvalue weighted by Gasteiger charge is 2.24. The lowest BCUT2D eigenvalue weighted by molar-refractivity contribution is 0.0984. The molecule has 0 saturated heterocycles. The molecule has 0 saturated carbocycles. The number of hydrogen-bond acceptors (Lipinski definition) is 2. The number of fused-ring (bicyclic) bond motifs is 2. The van der Waals surface area contributed by atoms with E-state index in [1.165, 1.54) is 35.1 Å². The Bertz CT molecular complexity index is 1200. The van der Waals surface area contributed by atoms with Gasteiger partial charge in [0.2, 0.25) is 0 Å². The first kappa shape index (κ1) is 24.4. The second-order valence-corrected chi connectivity index (χ2v) is 10.9. The molecule has 1 unspecified atom stereocenters. The molecule has 3 aromatic carbocycles. The van der Waals surface area contributed by atoms with Crippen LogP contribution in [-0.2, 0) is 25.7 Å². The topological polar surface area (TPSA) is 32.3 Å². The molecule has 5 heteroatoms. The number of carbonyl (C=O) groups is 1. The van der Waals surface area contributed by atoms with Gasteiger partial charge in [-0.15, -0.1) is 0 Å². The predicted octanol–water partition coefficient (Wildman–Crippen LogP) is 6.91. The quantitative estimate of drug-likeness (QED) is 0.377. The Morgan fingerprint density at radius 2 is 1.63 bits per heavy atom. The van der Waals surface area contributed by atoms with Gasteiger partial charge in [0.1, 0.15) is 0 Å². The molecule has 3 aromatic rings. The van der Waals surface area contributed by atoms with Gasteiger partial charge in [0.05, 0.1) is 10.0 Å². The number of hydrogen-bond donors (Lipinski definition) is 1. The molecule has 5 rings (SSSR count). The molecule has 35 heavy (non-hydrogen) atoms. The molecule has 0 heterocycles. The first-order chi connectivity index (χ1) is 17.0. The highest BCUT2D eigenvalue weighted by atomic mass is 35.5. The lowest BCUT2D eigenvalue weighted by Gasteiger charge is -2.28. The van der Waals surface area contributed by atoms with Crippen LogP contribution in [0.4, 0.5) is 5.69 Å². The fourth-order valence-corrected chi connectivity index (χ4v) is 5.77. The van der Waals surface area contributed by atoms with Crippen LogP contribution in [0.25, 0.3) is 0 Å².